The quantitative estimate of drug-likeness (QED) is 0.448. The highest BCUT2D eigenvalue weighted by atomic mass is 35.5. The second-order valence-corrected chi connectivity index (χ2v) is 9.88. The van der Waals surface area contributed by atoms with Gasteiger partial charge < -0.3 is 24.6 Å². The molecule has 0 aliphatic heterocycles. The SMILES string of the molecule is COc1cc(C(C)NS(=O)(=O)c2ccc(NC[C@@H]3C[C@H]3CO)c(Cl)c2)cc(OC)c1OC. The standard InChI is InChI=1S/C22H29ClN2O6S/c1-13(14-8-20(29-2)22(31-4)21(9-14)30-3)25-32(27,28)17-5-6-19(18(23)10-17)24-11-15-7-16(15)12-26/h5-6,8-10,13,15-16,24-26H,7,11-12H2,1-4H3/t13?,15-,16-/m0/s1. The summed E-state index contributed by atoms with van der Waals surface area (Å²) >= 11 is 6.32. The summed E-state index contributed by atoms with van der Waals surface area (Å²) in [6.07, 6.45) is 0.982. The smallest absolute Gasteiger partial charge is 0.241 e. The zero-order valence-electron chi connectivity index (χ0n) is 18.5. The molecular formula is C22H29ClN2O6S. The van der Waals surface area contributed by atoms with Gasteiger partial charge in [0.2, 0.25) is 15.8 Å². The lowest BCUT2D eigenvalue weighted by Crippen LogP contribution is -2.27. The van der Waals surface area contributed by atoms with Gasteiger partial charge in [0.15, 0.2) is 11.5 Å². The van der Waals surface area contributed by atoms with Gasteiger partial charge >= 0.3 is 0 Å². The van der Waals surface area contributed by atoms with Gasteiger partial charge in [-0.3, -0.25) is 0 Å². The number of hydrogen-bond acceptors (Lipinski definition) is 7. The van der Waals surface area contributed by atoms with Crippen molar-refractivity contribution in [1.29, 1.82) is 0 Å². The van der Waals surface area contributed by atoms with Gasteiger partial charge in [-0.25, -0.2) is 13.1 Å². The number of ether oxygens (including phenoxy) is 3. The number of rotatable bonds is 11. The zero-order valence-corrected chi connectivity index (χ0v) is 20.1. The Labute approximate surface area is 193 Å². The molecule has 0 aromatic heterocycles. The number of anilines is 1. The van der Waals surface area contributed by atoms with E-state index in [4.69, 9.17) is 30.9 Å². The van der Waals surface area contributed by atoms with Crippen LogP contribution in [0.1, 0.15) is 24.9 Å². The minimum absolute atomic E-state index is 0.0620. The fourth-order valence-electron chi connectivity index (χ4n) is 3.55. The Balaban J connectivity index is 1.75. The minimum atomic E-state index is -3.84. The molecule has 0 bridgehead atoms. The second-order valence-electron chi connectivity index (χ2n) is 7.76. The van der Waals surface area contributed by atoms with E-state index in [1.54, 1.807) is 25.1 Å². The summed E-state index contributed by atoms with van der Waals surface area (Å²) in [5.74, 6) is 2.05. The summed E-state index contributed by atoms with van der Waals surface area (Å²) in [7, 11) is 0.664. The first kappa shape index (κ1) is 24.4. The van der Waals surface area contributed by atoms with Gasteiger partial charge in [0.1, 0.15) is 0 Å². The first-order chi connectivity index (χ1) is 15.2. The van der Waals surface area contributed by atoms with Crippen LogP contribution in [0.3, 0.4) is 0 Å². The maximum atomic E-state index is 13.0. The Hall–Kier alpha value is -2.20. The molecule has 1 fully saturated rings. The second kappa shape index (κ2) is 10.2. The van der Waals surface area contributed by atoms with E-state index in [1.165, 1.54) is 33.5 Å². The molecule has 1 aliphatic rings. The number of benzene rings is 2. The lowest BCUT2D eigenvalue weighted by molar-refractivity contribution is 0.270. The third kappa shape index (κ3) is 5.40. The van der Waals surface area contributed by atoms with E-state index in [-0.39, 0.29) is 11.5 Å². The number of sulfonamides is 1. The van der Waals surface area contributed by atoms with E-state index in [0.29, 0.717) is 51.9 Å². The molecule has 1 aliphatic carbocycles. The Morgan fingerprint density at radius 2 is 1.75 bits per heavy atom. The highest BCUT2D eigenvalue weighted by Crippen LogP contribution is 2.40. The minimum Gasteiger partial charge on any atom is -0.493 e. The molecule has 1 unspecified atom stereocenters. The van der Waals surface area contributed by atoms with Gasteiger partial charge in [0.05, 0.1) is 36.9 Å². The normalized spacial score (nSPS) is 18.7. The third-order valence-corrected chi connectivity index (χ3v) is 7.48. The predicted octanol–water partition coefficient (Wildman–Crippen LogP) is 3.45. The average molecular weight is 485 g/mol. The van der Waals surface area contributed by atoms with Crippen molar-refractivity contribution in [3.05, 3.63) is 40.9 Å². The van der Waals surface area contributed by atoms with Crippen molar-refractivity contribution in [2.75, 3.05) is 39.8 Å². The number of methoxy groups -OCH3 is 3. The molecule has 0 amide bonds. The molecule has 0 spiro atoms. The number of aliphatic hydroxyl groups is 1. The Kier molecular flexibility index (Phi) is 7.76. The van der Waals surface area contributed by atoms with E-state index in [2.05, 4.69) is 10.0 Å². The molecular weight excluding hydrogens is 456 g/mol. The molecule has 8 nitrogen and oxygen atoms in total. The molecule has 3 rings (SSSR count). The molecule has 176 valence electrons. The van der Waals surface area contributed by atoms with Crippen molar-refractivity contribution >= 4 is 27.3 Å². The molecule has 2 aromatic rings. The number of halogens is 1. The van der Waals surface area contributed by atoms with Crippen molar-refractivity contribution in [3.8, 4) is 17.2 Å². The molecule has 2 aromatic carbocycles. The number of nitrogens with one attached hydrogen (secondary N) is 2. The third-order valence-electron chi connectivity index (χ3n) is 5.63. The monoisotopic (exact) mass is 484 g/mol. The van der Waals surface area contributed by atoms with E-state index < -0.39 is 16.1 Å². The molecule has 3 atom stereocenters. The fourth-order valence-corrected chi connectivity index (χ4v) is 5.12. The van der Waals surface area contributed by atoms with Crippen LogP contribution in [0.2, 0.25) is 5.02 Å². The van der Waals surface area contributed by atoms with Crippen molar-refractivity contribution in [2.24, 2.45) is 11.8 Å². The van der Waals surface area contributed by atoms with Crippen LogP contribution >= 0.6 is 11.6 Å². The van der Waals surface area contributed by atoms with Crippen molar-refractivity contribution in [3.63, 3.8) is 0 Å². The van der Waals surface area contributed by atoms with E-state index in [1.807, 2.05) is 0 Å². The number of aliphatic hydroxyl groups excluding tert-OH is 1. The van der Waals surface area contributed by atoms with Crippen LogP contribution in [-0.2, 0) is 10.0 Å². The lowest BCUT2D eigenvalue weighted by atomic mass is 10.1. The highest BCUT2D eigenvalue weighted by Gasteiger charge is 2.35. The lowest BCUT2D eigenvalue weighted by Gasteiger charge is -2.19. The molecule has 0 radical (unpaired) electrons. The van der Waals surface area contributed by atoms with Crippen molar-refractivity contribution < 1.29 is 27.7 Å². The highest BCUT2D eigenvalue weighted by molar-refractivity contribution is 7.89. The largest absolute Gasteiger partial charge is 0.493 e. The summed E-state index contributed by atoms with van der Waals surface area (Å²) in [4.78, 5) is 0.0620. The molecule has 32 heavy (non-hydrogen) atoms. The maximum Gasteiger partial charge on any atom is 0.241 e. The van der Waals surface area contributed by atoms with Crippen LogP contribution in [0.25, 0.3) is 0 Å². The molecule has 0 heterocycles. The van der Waals surface area contributed by atoms with Crippen LogP contribution in [-0.4, -0.2) is 48.0 Å². The van der Waals surface area contributed by atoms with Gasteiger partial charge in [-0.1, -0.05) is 11.6 Å². The first-order valence-corrected chi connectivity index (χ1v) is 12.1. The van der Waals surface area contributed by atoms with Crippen LogP contribution < -0.4 is 24.2 Å². The topological polar surface area (TPSA) is 106 Å². The van der Waals surface area contributed by atoms with E-state index in [0.717, 1.165) is 6.42 Å². The average Bonchev–Trinajstić information content (AvgIpc) is 3.55. The predicted molar refractivity (Wildman–Crippen MR) is 123 cm³/mol. The van der Waals surface area contributed by atoms with E-state index in [9.17, 15) is 8.42 Å². The Bertz CT molecular complexity index is 1040. The van der Waals surface area contributed by atoms with Gasteiger partial charge in [0, 0.05) is 19.2 Å². The molecule has 10 heteroatoms. The molecule has 0 saturated heterocycles. The van der Waals surface area contributed by atoms with Crippen LogP contribution in [0.15, 0.2) is 35.2 Å². The van der Waals surface area contributed by atoms with E-state index >= 15 is 0 Å². The van der Waals surface area contributed by atoms with Gasteiger partial charge in [-0.2, -0.15) is 0 Å². The fraction of sp³-hybridized carbons (Fsp3) is 0.455. The summed E-state index contributed by atoms with van der Waals surface area (Å²) in [5, 5.41) is 12.7. The van der Waals surface area contributed by atoms with Gasteiger partial charge in [-0.15, -0.1) is 0 Å². The van der Waals surface area contributed by atoms with Gasteiger partial charge in [-0.05, 0) is 61.1 Å². The first-order valence-electron chi connectivity index (χ1n) is 10.2. The summed E-state index contributed by atoms with van der Waals surface area (Å²) in [6, 6.07) is 7.41. The van der Waals surface area contributed by atoms with Gasteiger partial charge in [0.25, 0.3) is 0 Å². The van der Waals surface area contributed by atoms with Crippen LogP contribution in [0.5, 0.6) is 17.2 Å². The summed E-state index contributed by atoms with van der Waals surface area (Å²) < 4.78 is 44.6. The summed E-state index contributed by atoms with van der Waals surface area (Å²) in [6.45, 7) is 2.60. The molecule has 3 N–H and O–H groups in total. The maximum absolute atomic E-state index is 13.0. The Morgan fingerprint density at radius 3 is 2.25 bits per heavy atom. The zero-order chi connectivity index (χ0) is 23.5. The van der Waals surface area contributed by atoms with Crippen LogP contribution in [0.4, 0.5) is 5.69 Å². The Morgan fingerprint density at radius 1 is 1.09 bits per heavy atom. The van der Waals surface area contributed by atoms with Crippen LogP contribution in [0, 0.1) is 11.8 Å². The van der Waals surface area contributed by atoms with Crippen molar-refractivity contribution in [2.45, 2.75) is 24.3 Å². The number of hydrogen-bond donors (Lipinski definition) is 3. The molecule has 1 saturated carbocycles. The summed E-state index contributed by atoms with van der Waals surface area (Å²) in [5.41, 5.74) is 1.31. The van der Waals surface area contributed by atoms with Crippen molar-refractivity contribution in [1.82, 2.24) is 4.72 Å².